The second kappa shape index (κ2) is 7.20. The predicted octanol–water partition coefficient (Wildman–Crippen LogP) is 3.68. The molecule has 1 aromatic rings. The van der Waals surface area contributed by atoms with Crippen LogP contribution in [0.15, 0.2) is 24.3 Å². The molecule has 18 heavy (non-hydrogen) atoms. The lowest BCUT2D eigenvalue weighted by molar-refractivity contribution is 0.478. The SMILES string of the molecule is CC(C)Cc1ccc(C(C)(C)CNCCS)cc1. The van der Waals surface area contributed by atoms with E-state index in [1.807, 2.05) is 0 Å². The first kappa shape index (κ1) is 15.6. The van der Waals surface area contributed by atoms with Gasteiger partial charge in [0.1, 0.15) is 0 Å². The van der Waals surface area contributed by atoms with E-state index < -0.39 is 0 Å². The Hall–Kier alpha value is -0.470. The lowest BCUT2D eigenvalue weighted by Crippen LogP contribution is -2.33. The first-order valence-corrected chi connectivity index (χ1v) is 7.50. The molecule has 0 aromatic heterocycles. The van der Waals surface area contributed by atoms with Crippen LogP contribution in [-0.4, -0.2) is 18.8 Å². The molecule has 0 saturated carbocycles. The minimum absolute atomic E-state index is 0.180. The van der Waals surface area contributed by atoms with E-state index in [1.54, 1.807) is 0 Å². The van der Waals surface area contributed by atoms with Crippen LogP contribution >= 0.6 is 12.6 Å². The average Bonchev–Trinajstić information content (AvgIpc) is 2.29. The van der Waals surface area contributed by atoms with E-state index in [9.17, 15) is 0 Å². The van der Waals surface area contributed by atoms with Crippen molar-refractivity contribution in [3.05, 3.63) is 35.4 Å². The lowest BCUT2D eigenvalue weighted by Gasteiger charge is -2.26. The van der Waals surface area contributed by atoms with Crippen molar-refractivity contribution in [3.63, 3.8) is 0 Å². The second-order valence-corrected chi connectivity index (χ2v) is 6.53. The maximum absolute atomic E-state index is 4.22. The van der Waals surface area contributed by atoms with Gasteiger partial charge < -0.3 is 5.32 Å². The Morgan fingerprint density at radius 1 is 1.17 bits per heavy atom. The van der Waals surface area contributed by atoms with Gasteiger partial charge in [0, 0.05) is 24.3 Å². The van der Waals surface area contributed by atoms with E-state index >= 15 is 0 Å². The second-order valence-electron chi connectivity index (χ2n) is 6.08. The zero-order valence-electron chi connectivity index (χ0n) is 12.2. The third-order valence-electron chi connectivity index (χ3n) is 3.23. The number of benzene rings is 1. The zero-order chi connectivity index (χ0) is 13.6. The van der Waals surface area contributed by atoms with E-state index in [0.29, 0.717) is 0 Å². The summed E-state index contributed by atoms with van der Waals surface area (Å²) in [6.45, 7) is 11.1. The van der Waals surface area contributed by atoms with Gasteiger partial charge >= 0.3 is 0 Å². The fraction of sp³-hybridized carbons (Fsp3) is 0.625. The first-order chi connectivity index (χ1) is 8.45. The van der Waals surface area contributed by atoms with Gasteiger partial charge in [0.25, 0.3) is 0 Å². The Kier molecular flexibility index (Phi) is 6.24. The molecule has 0 heterocycles. The highest BCUT2D eigenvalue weighted by Crippen LogP contribution is 2.23. The lowest BCUT2D eigenvalue weighted by atomic mass is 9.84. The van der Waals surface area contributed by atoms with Crippen LogP contribution in [0.5, 0.6) is 0 Å². The van der Waals surface area contributed by atoms with Gasteiger partial charge in [-0.25, -0.2) is 0 Å². The highest BCUT2D eigenvalue weighted by Gasteiger charge is 2.19. The van der Waals surface area contributed by atoms with Crippen molar-refractivity contribution < 1.29 is 0 Å². The molecule has 0 bridgehead atoms. The van der Waals surface area contributed by atoms with Crippen LogP contribution in [0.3, 0.4) is 0 Å². The van der Waals surface area contributed by atoms with Gasteiger partial charge in [-0.1, -0.05) is 52.0 Å². The summed E-state index contributed by atoms with van der Waals surface area (Å²) in [6.07, 6.45) is 1.17. The Balaban J connectivity index is 2.65. The summed E-state index contributed by atoms with van der Waals surface area (Å²) < 4.78 is 0. The van der Waals surface area contributed by atoms with Gasteiger partial charge in [-0.2, -0.15) is 12.6 Å². The van der Waals surface area contributed by atoms with Gasteiger partial charge in [-0.05, 0) is 23.5 Å². The molecule has 0 amide bonds. The summed E-state index contributed by atoms with van der Waals surface area (Å²) in [4.78, 5) is 0. The Labute approximate surface area is 118 Å². The van der Waals surface area contributed by atoms with E-state index in [4.69, 9.17) is 0 Å². The normalized spacial score (nSPS) is 12.1. The molecule has 102 valence electrons. The fourth-order valence-corrected chi connectivity index (χ4v) is 2.30. The highest BCUT2D eigenvalue weighted by molar-refractivity contribution is 7.80. The van der Waals surface area contributed by atoms with Crippen LogP contribution in [0, 0.1) is 5.92 Å². The van der Waals surface area contributed by atoms with E-state index in [2.05, 4.69) is 69.9 Å². The Morgan fingerprint density at radius 3 is 2.28 bits per heavy atom. The smallest absolute Gasteiger partial charge is 0.00435 e. The molecule has 0 aliphatic carbocycles. The maximum Gasteiger partial charge on any atom is 0.00435 e. The quantitative estimate of drug-likeness (QED) is 0.566. The largest absolute Gasteiger partial charge is 0.315 e. The third kappa shape index (κ3) is 5.03. The minimum Gasteiger partial charge on any atom is -0.315 e. The summed E-state index contributed by atoms with van der Waals surface area (Å²) in [7, 11) is 0. The van der Waals surface area contributed by atoms with Crippen molar-refractivity contribution in [1.29, 1.82) is 0 Å². The zero-order valence-corrected chi connectivity index (χ0v) is 13.1. The topological polar surface area (TPSA) is 12.0 Å². The number of thiol groups is 1. The standard InChI is InChI=1S/C16H27NS/c1-13(2)11-14-5-7-15(8-6-14)16(3,4)12-17-9-10-18/h5-8,13,17-18H,9-12H2,1-4H3. The molecule has 1 aromatic carbocycles. The summed E-state index contributed by atoms with van der Waals surface area (Å²) in [5, 5.41) is 3.44. The van der Waals surface area contributed by atoms with Crippen molar-refractivity contribution in [2.75, 3.05) is 18.8 Å². The number of hydrogen-bond acceptors (Lipinski definition) is 2. The molecule has 0 fully saturated rings. The monoisotopic (exact) mass is 265 g/mol. The molecule has 1 rings (SSSR count). The summed E-state index contributed by atoms with van der Waals surface area (Å²) >= 11 is 4.22. The van der Waals surface area contributed by atoms with Crippen molar-refractivity contribution in [2.24, 2.45) is 5.92 Å². The van der Waals surface area contributed by atoms with Crippen LogP contribution in [0.4, 0.5) is 0 Å². The number of nitrogens with one attached hydrogen (secondary N) is 1. The van der Waals surface area contributed by atoms with Gasteiger partial charge in [-0.3, -0.25) is 0 Å². The van der Waals surface area contributed by atoms with Gasteiger partial charge in [-0.15, -0.1) is 0 Å². The Morgan fingerprint density at radius 2 is 1.78 bits per heavy atom. The first-order valence-electron chi connectivity index (χ1n) is 6.86. The molecule has 2 heteroatoms. The molecule has 0 unspecified atom stereocenters. The molecule has 1 nitrogen and oxygen atoms in total. The van der Waals surface area contributed by atoms with Crippen LogP contribution in [-0.2, 0) is 11.8 Å². The molecule has 0 aliphatic rings. The van der Waals surface area contributed by atoms with Crippen LogP contribution < -0.4 is 5.32 Å². The molecular weight excluding hydrogens is 238 g/mol. The van der Waals surface area contributed by atoms with Crippen molar-refractivity contribution in [1.82, 2.24) is 5.32 Å². The summed E-state index contributed by atoms with van der Waals surface area (Å²) in [5.74, 6) is 1.62. The van der Waals surface area contributed by atoms with E-state index in [-0.39, 0.29) is 5.41 Å². The molecule has 0 atom stereocenters. The molecule has 0 aliphatic heterocycles. The fourth-order valence-electron chi connectivity index (χ4n) is 2.15. The highest BCUT2D eigenvalue weighted by atomic mass is 32.1. The van der Waals surface area contributed by atoms with Crippen molar-refractivity contribution in [3.8, 4) is 0 Å². The maximum atomic E-state index is 4.22. The molecule has 1 N–H and O–H groups in total. The predicted molar refractivity (Wildman–Crippen MR) is 84.7 cm³/mol. The van der Waals surface area contributed by atoms with E-state index in [1.165, 1.54) is 17.5 Å². The van der Waals surface area contributed by atoms with Gasteiger partial charge in [0.2, 0.25) is 0 Å². The Bertz CT molecular complexity index is 341. The number of rotatable bonds is 7. The minimum atomic E-state index is 0.180. The van der Waals surface area contributed by atoms with Crippen molar-refractivity contribution in [2.45, 2.75) is 39.5 Å². The molecular formula is C16H27NS. The van der Waals surface area contributed by atoms with Gasteiger partial charge in [0.15, 0.2) is 0 Å². The summed E-state index contributed by atoms with van der Waals surface area (Å²) in [5.41, 5.74) is 3.02. The van der Waals surface area contributed by atoms with Crippen LogP contribution in [0.1, 0.15) is 38.8 Å². The molecule has 0 saturated heterocycles. The van der Waals surface area contributed by atoms with Crippen LogP contribution in [0.25, 0.3) is 0 Å². The van der Waals surface area contributed by atoms with Gasteiger partial charge in [0.05, 0.1) is 0 Å². The molecule has 0 radical (unpaired) electrons. The summed E-state index contributed by atoms with van der Waals surface area (Å²) in [6, 6.07) is 9.10. The number of hydrogen-bond donors (Lipinski definition) is 2. The van der Waals surface area contributed by atoms with E-state index in [0.717, 1.165) is 24.8 Å². The molecule has 0 spiro atoms. The van der Waals surface area contributed by atoms with Crippen molar-refractivity contribution >= 4 is 12.6 Å². The average molecular weight is 265 g/mol. The third-order valence-corrected chi connectivity index (χ3v) is 3.46. The van der Waals surface area contributed by atoms with Crippen LogP contribution in [0.2, 0.25) is 0 Å².